The van der Waals surface area contributed by atoms with Crippen molar-refractivity contribution >= 4 is 35.2 Å². The Bertz CT molecular complexity index is 1130. The van der Waals surface area contributed by atoms with Crippen LogP contribution in [0.5, 0.6) is 5.75 Å². The maximum Gasteiger partial charge on any atom is 0.408 e. The molecule has 2 aromatic rings. The number of carbonyl (C=O) groups excluding carboxylic acids is 3. The Morgan fingerprint density at radius 3 is 2.56 bits per heavy atom. The molecule has 0 fully saturated rings. The van der Waals surface area contributed by atoms with Crippen LogP contribution in [0.3, 0.4) is 0 Å². The molecule has 0 spiro atoms. The summed E-state index contributed by atoms with van der Waals surface area (Å²) in [5.41, 5.74) is -0.0483. The summed E-state index contributed by atoms with van der Waals surface area (Å²) >= 11 is 6.10. The first-order valence-corrected chi connectivity index (χ1v) is 12.0. The fourth-order valence-electron chi connectivity index (χ4n) is 3.78. The summed E-state index contributed by atoms with van der Waals surface area (Å²) in [5.74, 6) is -1.18. The van der Waals surface area contributed by atoms with Gasteiger partial charge in [0.1, 0.15) is 35.9 Å². The average Bonchev–Trinajstić information content (AvgIpc) is 2.89. The summed E-state index contributed by atoms with van der Waals surface area (Å²) in [4.78, 5) is 40.8. The number of amides is 3. The fraction of sp³-hybridized carbons (Fsp3) is 0.423. The molecule has 2 N–H and O–H groups in total. The molecule has 0 radical (unpaired) electrons. The van der Waals surface area contributed by atoms with Gasteiger partial charge in [-0.1, -0.05) is 29.8 Å². The number of rotatable bonds is 6. The quantitative estimate of drug-likeness (QED) is 0.595. The summed E-state index contributed by atoms with van der Waals surface area (Å²) < 4.78 is 25.5. The zero-order chi connectivity index (χ0) is 26.6. The van der Waals surface area contributed by atoms with Crippen LogP contribution in [-0.4, -0.2) is 48.2 Å². The van der Waals surface area contributed by atoms with Crippen LogP contribution in [0, 0.1) is 5.82 Å². The molecular weight excluding hydrogens is 489 g/mol. The maximum atomic E-state index is 14.4. The summed E-state index contributed by atoms with van der Waals surface area (Å²) in [7, 11) is 0. The number of carbonyl (C=O) groups is 3. The van der Waals surface area contributed by atoms with E-state index in [2.05, 4.69) is 10.6 Å². The van der Waals surface area contributed by atoms with Crippen molar-refractivity contribution < 1.29 is 28.2 Å². The van der Waals surface area contributed by atoms with Crippen molar-refractivity contribution in [2.24, 2.45) is 0 Å². The topological polar surface area (TPSA) is 97.0 Å². The fourth-order valence-corrected chi connectivity index (χ4v) is 3.95. The molecule has 2 atom stereocenters. The minimum atomic E-state index is -1.21. The first kappa shape index (κ1) is 27.3. The largest absolute Gasteiger partial charge is 0.489 e. The Balaban J connectivity index is 1.85. The molecule has 1 unspecified atom stereocenters. The molecule has 10 heteroatoms. The number of fused-ring (bicyclic) bond motifs is 1. The SMILES string of the molecule is CC(C)N1C(=O)C(NC(=O)[C@@H](Cc2ccccc2F)NC(=O)OC(C)(C)C)COc2cc(Cl)ccc21. The minimum absolute atomic E-state index is 0.150. The van der Waals surface area contributed by atoms with Crippen molar-refractivity contribution in [3.05, 3.63) is 58.9 Å². The number of alkyl carbamates (subject to hydrolysis) is 1. The van der Waals surface area contributed by atoms with Crippen molar-refractivity contribution in [1.29, 1.82) is 0 Å². The van der Waals surface area contributed by atoms with Gasteiger partial charge in [-0.15, -0.1) is 0 Å². The molecule has 8 nitrogen and oxygen atoms in total. The summed E-state index contributed by atoms with van der Waals surface area (Å²) in [6, 6.07) is 8.38. The van der Waals surface area contributed by atoms with E-state index in [1.54, 1.807) is 45.0 Å². The van der Waals surface area contributed by atoms with Crippen LogP contribution in [0.4, 0.5) is 14.9 Å². The second-order valence-electron chi connectivity index (χ2n) is 9.78. The summed E-state index contributed by atoms with van der Waals surface area (Å²) in [6.07, 6.45) is -0.989. The van der Waals surface area contributed by atoms with E-state index >= 15 is 0 Å². The van der Waals surface area contributed by atoms with Crippen LogP contribution in [0.1, 0.15) is 40.2 Å². The van der Waals surface area contributed by atoms with Gasteiger partial charge in [-0.25, -0.2) is 9.18 Å². The molecule has 1 heterocycles. The van der Waals surface area contributed by atoms with Gasteiger partial charge < -0.3 is 25.0 Å². The number of benzene rings is 2. The Morgan fingerprint density at radius 2 is 1.92 bits per heavy atom. The Morgan fingerprint density at radius 1 is 1.22 bits per heavy atom. The maximum absolute atomic E-state index is 14.4. The Kier molecular flexibility index (Phi) is 8.45. The van der Waals surface area contributed by atoms with Gasteiger partial charge in [-0.2, -0.15) is 0 Å². The second kappa shape index (κ2) is 11.2. The third kappa shape index (κ3) is 6.87. The van der Waals surface area contributed by atoms with Crippen molar-refractivity contribution in [3.63, 3.8) is 0 Å². The van der Waals surface area contributed by atoms with Gasteiger partial charge in [-0.3, -0.25) is 9.59 Å². The van der Waals surface area contributed by atoms with E-state index in [-0.39, 0.29) is 30.5 Å². The van der Waals surface area contributed by atoms with Crippen LogP contribution in [0.2, 0.25) is 5.02 Å². The van der Waals surface area contributed by atoms with E-state index in [4.69, 9.17) is 21.1 Å². The van der Waals surface area contributed by atoms with Crippen LogP contribution in [-0.2, 0) is 20.7 Å². The van der Waals surface area contributed by atoms with Crippen LogP contribution in [0.25, 0.3) is 0 Å². The van der Waals surface area contributed by atoms with Crippen molar-refractivity contribution in [2.45, 2.75) is 64.8 Å². The molecule has 3 rings (SSSR count). The molecule has 3 amide bonds. The highest BCUT2D eigenvalue weighted by Crippen LogP contribution is 2.35. The monoisotopic (exact) mass is 519 g/mol. The average molecular weight is 520 g/mol. The Labute approximate surface area is 215 Å². The second-order valence-corrected chi connectivity index (χ2v) is 10.2. The normalized spacial score (nSPS) is 16.5. The van der Waals surface area contributed by atoms with E-state index in [9.17, 15) is 18.8 Å². The molecule has 0 aromatic heterocycles. The number of halogens is 2. The van der Waals surface area contributed by atoms with Gasteiger partial charge in [0.15, 0.2) is 0 Å². The molecular formula is C26H31ClFN3O5. The van der Waals surface area contributed by atoms with Crippen LogP contribution in [0.15, 0.2) is 42.5 Å². The van der Waals surface area contributed by atoms with E-state index in [0.29, 0.717) is 16.5 Å². The highest BCUT2D eigenvalue weighted by molar-refractivity contribution is 6.30. The van der Waals surface area contributed by atoms with Gasteiger partial charge in [0.25, 0.3) is 5.91 Å². The third-order valence-corrected chi connectivity index (χ3v) is 5.58. The van der Waals surface area contributed by atoms with Gasteiger partial charge in [0.05, 0.1) is 5.69 Å². The zero-order valence-corrected chi connectivity index (χ0v) is 21.7. The lowest BCUT2D eigenvalue weighted by atomic mass is 10.0. The molecule has 36 heavy (non-hydrogen) atoms. The predicted octanol–water partition coefficient (Wildman–Crippen LogP) is 4.23. The first-order valence-electron chi connectivity index (χ1n) is 11.6. The number of anilines is 1. The smallest absolute Gasteiger partial charge is 0.408 e. The molecule has 194 valence electrons. The van der Waals surface area contributed by atoms with E-state index in [1.165, 1.54) is 23.1 Å². The van der Waals surface area contributed by atoms with E-state index in [1.807, 2.05) is 13.8 Å². The van der Waals surface area contributed by atoms with Crippen molar-refractivity contribution in [2.75, 3.05) is 11.5 Å². The number of nitrogens with zero attached hydrogens (tertiary/aromatic N) is 1. The molecule has 0 bridgehead atoms. The highest BCUT2D eigenvalue weighted by atomic mass is 35.5. The van der Waals surface area contributed by atoms with E-state index in [0.717, 1.165) is 0 Å². The molecule has 0 saturated carbocycles. The highest BCUT2D eigenvalue weighted by Gasteiger charge is 2.36. The zero-order valence-electron chi connectivity index (χ0n) is 20.9. The third-order valence-electron chi connectivity index (χ3n) is 5.34. The van der Waals surface area contributed by atoms with Crippen molar-refractivity contribution in [3.8, 4) is 5.75 Å². The van der Waals surface area contributed by atoms with Gasteiger partial charge in [0, 0.05) is 23.6 Å². The summed E-state index contributed by atoms with van der Waals surface area (Å²) in [6.45, 7) is 8.58. The summed E-state index contributed by atoms with van der Waals surface area (Å²) in [5, 5.41) is 5.62. The van der Waals surface area contributed by atoms with Gasteiger partial charge >= 0.3 is 6.09 Å². The lowest BCUT2D eigenvalue weighted by Crippen LogP contribution is -2.57. The Hall–Kier alpha value is -3.33. The molecule has 1 aliphatic heterocycles. The number of ether oxygens (including phenoxy) is 2. The van der Waals surface area contributed by atoms with Gasteiger partial charge in [-0.05, 0) is 58.4 Å². The molecule has 0 saturated heterocycles. The lowest BCUT2D eigenvalue weighted by Gasteiger charge is -2.29. The standard InChI is InChI=1S/C26H31ClFN3O5/c1-15(2)31-21-11-10-17(27)13-22(21)35-14-20(24(31)33)29-23(32)19(30-25(34)36-26(3,4)5)12-16-8-6-7-9-18(16)28/h6-11,13,15,19-20H,12,14H2,1-5H3,(H,29,32)(H,30,34)/t19-,20?/m1/s1. The number of hydrogen-bond acceptors (Lipinski definition) is 5. The molecule has 2 aromatic carbocycles. The van der Waals surface area contributed by atoms with Crippen LogP contribution >= 0.6 is 11.6 Å². The minimum Gasteiger partial charge on any atom is -0.489 e. The molecule has 0 aliphatic carbocycles. The molecule has 1 aliphatic rings. The van der Waals surface area contributed by atoms with Crippen LogP contribution < -0.4 is 20.3 Å². The van der Waals surface area contributed by atoms with E-state index < -0.39 is 35.5 Å². The first-order chi connectivity index (χ1) is 16.9. The lowest BCUT2D eigenvalue weighted by molar-refractivity contribution is -0.129. The van der Waals surface area contributed by atoms with Crippen molar-refractivity contribution in [1.82, 2.24) is 10.6 Å². The predicted molar refractivity (Wildman–Crippen MR) is 135 cm³/mol. The number of hydrogen-bond donors (Lipinski definition) is 2. The van der Waals surface area contributed by atoms with Gasteiger partial charge in [0.2, 0.25) is 5.91 Å². The number of nitrogens with one attached hydrogen (secondary N) is 2.